The largest absolute Gasteiger partial charge is 0.480 e. The lowest BCUT2D eigenvalue weighted by Crippen LogP contribution is -2.25. The van der Waals surface area contributed by atoms with Crippen molar-refractivity contribution in [3.05, 3.63) is 34.9 Å². The van der Waals surface area contributed by atoms with E-state index in [2.05, 4.69) is 0 Å². The number of ketones is 1. The molecule has 1 aromatic rings. The number of carboxylic acids is 1. The van der Waals surface area contributed by atoms with Crippen molar-refractivity contribution >= 4 is 23.4 Å². The summed E-state index contributed by atoms with van der Waals surface area (Å²) < 4.78 is 0. The third kappa shape index (κ3) is 1.63. The molecule has 0 saturated heterocycles. The highest BCUT2D eigenvalue weighted by molar-refractivity contribution is 6.30. The maximum Gasteiger partial charge on any atom is 0.317 e. The molecule has 1 saturated carbocycles. The number of benzene rings is 1. The smallest absolute Gasteiger partial charge is 0.317 e. The van der Waals surface area contributed by atoms with Crippen LogP contribution in [0.1, 0.15) is 23.2 Å². The van der Waals surface area contributed by atoms with Crippen molar-refractivity contribution < 1.29 is 14.7 Å². The van der Waals surface area contributed by atoms with Gasteiger partial charge in [-0.1, -0.05) is 11.6 Å². The maximum atomic E-state index is 11.9. The normalized spacial score (nSPS) is 17.1. The van der Waals surface area contributed by atoms with Crippen molar-refractivity contribution in [1.29, 1.82) is 0 Å². The number of carbonyl (C=O) groups is 2. The van der Waals surface area contributed by atoms with Crippen LogP contribution in [0.4, 0.5) is 0 Å². The molecule has 2 rings (SSSR count). The van der Waals surface area contributed by atoms with Gasteiger partial charge in [-0.15, -0.1) is 0 Å². The van der Waals surface area contributed by atoms with E-state index in [9.17, 15) is 9.59 Å². The van der Waals surface area contributed by atoms with Gasteiger partial charge in [0, 0.05) is 10.6 Å². The van der Waals surface area contributed by atoms with Gasteiger partial charge >= 0.3 is 5.97 Å². The number of aliphatic carboxylic acids is 1. The quantitative estimate of drug-likeness (QED) is 0.634. The Hall–Kier alpha value is -1.35. The maximum absolute atomic E-state index is 11.9. The van der Waals surface area contributed by atoms with Gasteiger partial charge in [0.25, 0.3) is 0 Å². The van der Waals surface area contributed by atoms with Crippen LogP contribution in [0.15, 0.2) is 24.3 Å². The summed E-state index contributed by atoms with van der Waals surface area (Å²) in [6, 6.07) is 6.31. The highest BCUT2D eigenvalue weighted by Gasteiger charge is 2.56. The average Bonchev–Trinajstić information content (AvgIpc) is 2.98. The number of halogens is 1. The second-order valence-corrected chi connectivity index (χ2v) is 4.16. The van der Waals surface area contributed by atoms with Gasteiger partial charge in [0.05, 0.1) is 0 Å². The molecule has 0 heterocycles. The molecule has 15 heavy (non-hydrogen) atoms. The van der Waals surface area contributed by atoms with E-state index in [0.717, 1.165) is 0 Å². The molecule has 1 aliphatic carbocycles. The fourth-order valence-electron chi connectivity index (χ4n) is 1.54. The molecule has 0 spiro atoms. The van der Waals surface area contributed by atoms with Crippen molar-refractivity contribution in [2.24, 2.45) is 5.41 Å². The number of rotatable bonds is 3. The monoisotopic (exact) mass is 224 g/mol. The van der Waals surface area contributed by atoms with Crippen molar-refractivity contribution in [2.75, 3.05) is 0 Å². The Morgan fingerprint density at radius 2 is 1.73 bits per heavy atom. The summed E-state index contributed by atoms with van der Waals surface area (Å²) in [5.74, 6) is -1.34. The molecule has 0 amide bonds. The lowest BCUT2D eigenvalue weighted by atomic mass is 9.95. The third-order valence-electron chi connectivity index (χ3n) is 2.70. The summed E-state index contributed by atoms with van der Waals surface area (Å²) in [6.07, 6.45) is 0.869. The standard InChI is InChI=1S/C11H9ClO3/c12-8-3-1-7(2-4-8)9(13)11(5-6-11)10(14)15/h1-4H,5-6H2,(H,14,15). The van der Waals surface area contributed by atoms with Gasteiger partial charge in [-0.2, -0.15) is 0 Å². The molecular formula is C11H9ClO3. The lowest BCUT2D eigenvalue weighted by Gasteiger charge is -2.07. The Morgan fingerprint density at radius 1 is 1.20 bits per heavy atom. The van der Waals surface area contributed by atoms with Crippen LogP contribution in [-0.2, 0) is 4.79 Å². The van der Waals surface area contributed by atoms with Crippen molar-refractivity contribution in [2.45, 2.75) is 12.8 Å². The summed E-state index contributed by atoms with van der Waals surface area (Å²) in [5, 5.41) is 9.48. The summed E-state index contributed by atoms with van der Waals surface area (Å²) in [4.78, 5) is 22.8. The first kappa shape index (κ1) is 10.2. The van der Waals surface area contributed by atoms with E-state index in [-0.39, 0.29) is 5.78 Å². The van der Waals surface area contributed by atoms with Crippen LogP contribution in [0.25, 0.3) is 0 Å². The SMILES string of the molecule is O=C(O)C1(C(=O)c2ccc(Cl)cc2)CC1. The summed E-state index contributed by atoms with van der Waals surface area (Å²) in [7, 11) is 0. The molecule has 0 atom stereocenters. The van der Waals surface area contributed by atoms with E-state index in [0.29, 0.717) is 23.4 Å². The summed E-state index contributed by atoms with van der Waals surface area (Å²) in [5.41, 5.74) is -0.743. The minimum absolute atomic E-state index is 0.313. The van der Waals surface area contributed by atoms with Gasteiger partial charge in [0.15, 0.2) is 5.78 Å². The molecule has 0 bridgehead atoms. The second-order valence-electron chi connectivity index (χ2n) is 3.72. The van der Waals surface area contributed by atoms with Gasteiger partial charge in [0.2, 0.25) is 0 Å². The molecule has 3 nitrogen and oxygen atoms in total. The van der Waals surface area contributed by atoms with Crippen LogP contribution in [0, 0.1) is 5.41 Å². The van der Waals surface area contributed by atoms with Crippen LogP contribution >= 0.6 is 11.6 Å². The third-order valence-corrected chi connectivity index (χ3v) is 2.95. The number of Topliss-reactive ketones (excluding diaryl/α,β-unsaturated/α-hetero) is 1. The Balaban J connectivity index is 2.29. The fraction of sp³-hybridized carbons (Fsp3) is 0.273. The molecule has 0 aliphatic heterocycles. The van der Waals surface area contributed by atoms with Gasteiger partial charge in [-0.25, -0.2) is 0 Å². The zero-order valence-electron chi connectivity index (χ0n) is 7.87. The van der Waals surface area contributed by atoms with E-state index in [1.165, 1.54) is 0 Å². The Kier molecular flexibility index (Phi) is 2.27. The molecule has 0 radical (unpaired) electrons. The van der Waals surface area contributed by atoms with Gasteiger partial charge < -0.3 is 5.11 Å². The van der Waals surface area contributed by atoms with Crippen LogP contribution in [0.2, 0.25) is 5.02 Å². The Labute approximate surface area is 91.7 Å². The van der Waals surface area contributed by atoms with E-state index in [1.807, 2.05) is 0 Å². The molecule has 4 heteroatoms. The predicted octanol–water partition coefficient (Wildman–Crippen LogP) is 2.39. The zero-order valence-corrected chi connectivity index (χ0v) is 8.62. The predicted molar refractivity (Wildman–Crippen MR) is 55.1 cm³/mol. The molecule has 1 aromatic carbocycles. The highest BCUT2D eigenvalue weighted by atomic mass is 35.5. The number of carbonyl (C=O) groups excluding carboxylic acids is 1. The van der Waals surface area contributed by atoms with Crippen LogP contribution in [0.3, 0.4) is 0 Å². The Morgan fingerprint density at radius 3 is 2.13 bits per heavy atom. The molecule has 0 unspecified atom stereocenters. The zero-order chi connectivity index (χ0) is 11.1. The fourth-order valence-corrected chi connectivity index (χ4v) is 1.67. The molecule has 0 aromatic heterocycles. The minimum atomic E-state index is -1.16. The van der Waals surface area contributed by atoms with Gasteiger partial charge in [-0.3, -0.25) is 9.59 Å². The number of hydrogen-bond donors (Lipinski definition) is 1. The molecular weight excluding hydrogens is 216 g/mol. The minimum Gasteiger partial charge on any atom is -0.480 e. The average molecular weight is 225 g/mol. The molecule has 1 aliphatic rings. The van der Waals surface area contributed by atoms with E-state index in [4.69, 9.17) is 16.7 Å². The first-order valence-electron chi connectivity index (χ1n) is 4.60. The number of carboxylic acid groups (broad SMARTS) is 1. The van der Waals surface area contributed by atoms with Crippen LogP contribution in [0.5, 0.6) is 0 Å². The summed E-state index contributed by atoms with van der Waals surface area (Å²) in [6.45, 7) is 0. The van der Waals surface area contributed by atoms with Crippen molar-refractivity contribution in [1.82, 2.24) is 0 Å². The Bertz CT molecular complexity index is 418. The highest BCUT2D eigenvalue weighted by Crippen LogP contribution is 2.48. The van der Waals surface area contributed by atoms with Gasteiger partial charge in [-0.05, 0) is 37.1 Å². The van der Waals surface area contributed by atoms with E-state index in [1.54, 1.807) is 24.3 Å². The lowest BCUT2D eigenvalue weighted by molar-refractivity contribution is -0.141. The second kappa shape index (κ2) is 3.35. The van der Waals surface area contributed by atoms with Crippen molar-refractivity contribution in [3.63, 3.8) is 0 Å². The van der Waals surface area contributed by atoms with Gasteiger partial charge in [0.1, 0.15) is 5.41 Å². The van der Waals surface area contributed by atoms with E-state index < -0.39 is 11.4 Å². The number of hydrogen-bond acceptors (Lipinski definition) is 2. The topological polar surface area (TPSA) is 54.4 Å². The van der Waals surface area contributed by atoms with Crippen molar-refractivity contribution in [3.8, 4) is 0 Å². The van der Waals surface area contributed by atoms with E-state index >= 15 is 0 Å². The first-order chi connectivity index (χ1) is 7.06. The molecule has 1 fully saturated rings. The van der Waals surface area contributed by atoms with Crippen LogP contribution in [-0.4, -0.2) is 16.9 Å². The molecule has 1 N–H and O–H groups in total. The molecule has 78 valence electrons. The van der Waals surface area contributed by atoms with Crippen LogP contribution < -0.4 is 0 Å². The summed E-state index contributed by atoms with van der Waals surface area (Å²) >= 11 is 5.68. The first-order valence-corrected chi connectivity index (χ1v) is 4.98.